The van der Waals surface area contributed by atoms with Crippen molar-refractivity contribution in [1.82, 2.24) is 10.2 Å². The van der Waals surface area contributed by atoms with Gasteiger partial charge in [-0.05, 0) is 27.2 Å². The van der Waals surface area contributed by atoms with E-state index in [1.165, 1.54) is 5.75 Å². The van der Waals surface area contributed by atoms with Crippen molar-refractivity contribution in [3.8, 4) is 0 Å². The Morgan fingerprint density at radius 2 is 2.00 bits per heavy atom. The van der Waals surface area contributed by atoms with Crippen LogP contribution in [0.3, 0.4) is 0 Å². The van der Waals surface area contributed by atoms with Crippen LogP contribution in [0.25, 0.3) is 0 Å². The van der Waals surface area contributed by atoms with Crippen LogP contribution >= 0.6 is 11.8 Å². The molecule has 2 nitrogen and oxygen atoms in total. The normalized spacial score (nSPS) is 11.5. The fourth-order valence-corrected chi connectivity index (χ4v) is 1.16. The van der Waals surface area contributed by atoms with Crippen molar-refractivity contribution in [2.45, 2.75) is 19.9 Å². The summed E-state index contributed by atoms with van der Waals surface area (Å²) in [7, 11) is 2.17. The molecule has 0 spiro atoms. The molecule has 0 aromatic carbocycles. The molecule has 12 heavy (non-hydrogen) atoms. The quantitative estimate of drug-likeness (QED) is 0.609. The van der Waals surface area contributed by atoms with Gasteiger partial charge in [-0.15, -0.1) is 0 Å². The van der Waals surface area contributed by atoms with Crippen LogP contribution in [0.1, 0.15) is 13.8 Å². The fourth-order valence-electron chi connectivity index (χ4n) is 0.813. The molecule has 0 aromatic heterocycles. The summed E-state index contributed by atoms with van der Waals surface area (Å²) in [5, 5.41) is 3.41. The summed E-state index contributed by atoms with van der Waals surface area (Å²) >= 11 is 1.89. The van der Waals surface area contributed by atoms with E-state index < -0.39 is 0 Å². The van der Waals surface area contributed by atoms with E-state index in [-0.39, 0.29) is 0 Å². The SMILES string of the molecule is CSCCNCCN(C)C(C)C. The molecular weight excluding hydrogens is 168 g/mol. The number of nitrogens with one attached hydrogen (secondary N) is 1. The lowest BCUT2D eigenvalue weighted by atomic mass is 10.3. The van der Waals surface area contributed by atoms with Crippen LogP contribution in [-0.2, 0) is 0 Å². The molecule has 0 saturated carbocycles. The number of thioether (sulfide) groups is 1. The lowest BCUT2D eigenvalue weighted by Gasteiger charge is -2.20. The van der Waals surface area contributed by atoms with E-state index in [1.54, 1.807) is 0 Å². The minimum atomic E-state index is 0.660. The molecule has 0 bridgehead atoms. The third-order valence-corrected chi connectivity index (χ3v) is 2.62. The molecule has 1 N–H and O–H groups in total. The largest absolute Gasteiger partial charge is 0.315 e. The Morgan fingerprint density at radius 1 is 1.33 bits per heavy atom. The van der Waals surface area contributed by atoms with Gasteiger partial charge >= 0.3 is 0 Å². The first-order valence-corrected chi connectivity index (χ1v) is 5.97. The Bertz CT molecular complexity index is 96.5. The van der Waals surface area contributed by atoms with Gasteiger partial charge in [0.25, 0.3) is 0 Å². The first-order valence-electron chi connectivity index (χ1n) is 4.58. The Balaban J connectivity index is 3.08. The number of nitrogens with zero attached hydrogens (tertiary/aromatic N) is 1. The highest BCUT2D eigenvalue weighted by Crippen LogP contribution is 1.91. The van der Waals surface area contributed by atoms with E-state index in [1.807, 2.05) is 11.8 Å². The van der Waals surface area contributed by atoms with Crippen LogP contribution in [0.2, 0.25) is 0 Å². The zero-order chi connectivity index (χ0) is 9.40. The Kier molecular flexibility index (Phi) is 8.07. The lowest BCUT2D eigenvalue weighted by molar-refractivity contribution is 0.274. The second kappa shape index (κ2) is 7.90. The molecule has 0 unspecified atom stereocenters. The average Bonchev–Trinajstić information content (AvgIpc) is 2.03. The predicted molar refractivity (Wildman–Crippen MR) is 59.0 cm³/mol. The topological polar surface area (TPSA) is 15.3 Å². The zero-order valence-electron chi connectivity index (χ0n) is 8.76. The molecule has 0 rings (SSSR count). The summed E-state index contributed by atoms with van der Waals surface area (Å²) in [5.74, 6) is 1.21. The number of likely N-dealkylation sites (N-methyl/N-ethyl adjacent to an activating group) is 1. The highest BCUT2D eigenvalue weighted by molar-refractivity contribution is 7.98. The maximum atomic E-state index is 3.41. The first-order chi connectivity index (χ1) is 5.68. The molecule has 0 saturated heterocycles. The van der Waals surface area contributed by atoms with Gasteiger partial charge in [-0.25, -0.2) is 0 Å². The van der Waals surface area contributed by atoms with Crippen LogP contribution in [0.4, 0.5) is 0 Å². The summed E-state index contributed by atoms with van der Waals surface area (Å²) in [6.45, 7) is 7.83. The molecular formula is C9H22N2S. The summed E-state index contributed by atoms with van der Waals surface area (Å²) in [5.41, 5.74) is 0. The molecule has 0 heterocycles. The van der Waals surface area contributed by atoms with Gasteiger partial charge in [0.1, 0.15) is 0 Å². The standard InChI is InChI=1S/C9H22N2S/c1-9(2)11(3)7-5-10-6-8-12-4/h9-10H,5-8H2,1-4H3. The van der Waals surface area contributed by atoms with Gasteiger partial charge in [0.15, 0.2) is 0 Å². The van der Waals surface area contributed by atoms with Crippen molar-refractivity contribution >= 4 is 11.8 Å². The van der Waals surface area contributed by atoms with Crippen LogP contribution in [0.15, 0.2) is 0 Å². The van der Waals surface area contributed by atoms with Gasteiger partial charge < -0.3 is 10.2 Å². The molecule has 0 fully saturated rings. The molecule has 0 aliphatic heterocycles. The second-order valence-corrected chi connectivity index (χ2v) is 4.30. The summed E-state index contributed by atoms with van der Waals surface area (Å²) in [4.78, 5) is 2.35. The van der Waals surface area contributed by atoms with Crippen LogP contribution in [0.5, 0.6) is 0 Å². The van der Waals surface area contributed by atoms with Gasteiger partial charge in [0.2, 0.25) is 0 Å². The minimum Gasteiger partial charge on any atom is -0.315 e. The van der Waals surface area contributed by atoms with Crippen molar-refractivity contribution in [2.75, 3.05) is 38.7 Å². The van der Waals surface area contributed by atoms with Crippen LogP contribution < -0.4 is 5.32 Å². The van der Waals surface area contributed by atoms with Crippen molar-refractivity contribution in [1.29, 1.82) is 0 Å². The molecule has 0 amide bonds. The molecule has 0 aliphatic rings. The minimum absolute atomic E-state index is 0.660. The summed E-state index contributed by atoms with van der Waals surface area (Å²) < 4.78 is 0. The molecule has 0 aromatic rings. The van der Waals surface area contributed by atoms with Gasteiger partial charge in [-0.2, -0.15) is 11.8 Å². The molecule has 0 radical (unpaired) electrons. The van der Waals surface area contributed by atoms with Crippen LogP contribution in [-0.4, -0.2) is 49.6 Å². The maximum Gasteiger partial charge on any atom is 0.0106 e. The van der Waals surface area contributed by atoms with Gasteiger partial charge in [-0.3, -0.25) is 0 Å². The number of hydrogen-bond acceptors (Lipinski definition) is 3. The summed E-state index contributed by atoms with van der Waals surface area (Å²) in [6, 6.07) is 0.660. The van der Waals surface area contributed by atoms with E-state index >= 15 is 0 Å². The molecule has 0 atom stereocenters. The number of hydrogen-bond donors (Lipinski definition) is 1. The van der Waals surface area contributed by atoms with E-state index in [0.717, 1.165) is 19.6 Å². The van der Waals surface area contributed by atoms with Crippen molar-refractivity contribution in [3.05, 3.63) is 0 Å². The Hall–Kier alpha value is 0.270. The predicted octanol–water partition coefficient (Wildman–Crippen LogP) is 1.28. The van der Waals surface area contributed by atoms with E-state index in [2.05, 4.69) is 37.4 Å². The Labute approximate surface area is 81.1 Å². The smallest absolute Gasteiger partial charge is 0.0106 e. The van der Waals surface area contributed by atoms with E-state index in [0.29, 0.717) is 6.04 Å². The van der Waals surface area contributed by atoms with E-state index in [4.69, 9.17) is 0 Å². The third-order valence-electron chi connectivity index (χ3n) is 2.01. The zero-order valence-corrected chi connectivity index (χ0v) is 9.58. The second-order valence-electron chi connectivity index (χ2n) is 3.32. The lowest BCUT2D eigenvalue weighted by Crippen LogP contribution is -2.34. The average molecular weight is 190 g/mol. The monoisotopic (exact) mass is 190 g/mol. The highest BCUT2D eigenvalue weighted by Gasteiger charge is 2.00. The van der Waals surface area contributed by atoms with Gasteiger partial charge in [0.05, 0.1) is 0 Å². The van der Waals surface area contributed by atoms with Gasteiger partial charge in [-0.1, -0.05) is 0 Å². The first kappa shape index (κ1) is 12.3. The fraction of sp³-hybridized carbons (Fsp3) is 1.00. The molecule has 74 valence electrons. The van der Waals surface area contributed by atoms with Crippen molar-refractivity contribution < 1.29 is 0 Å². The van der Waals surface area contributed by atoms with Crippen molar-refractivity contribution in [3.63, 3.8) is 0 Å². The summed E-state index contributed by atoms with van der Waals surface area (Å²) in [6.07, 6.45) is 2.14. The van der Waals surface area contributed by atoms with Gasteiger partial charge in [0, 0.05) is 31.4 Å². The molecule has 3 heteroatoms. The van der Waals surface area contributed by atoms with Crippen molar-refractivity contribution in [2.24, 2.45) is 0 Å². The number of rotatable bonds is 7. The van der Waals surface area contributed by atoms with Crippen LogP contribution in [0, 0.1) is 0 Å². The van der Waals surface area contributed by atoms with E-state index in [9.17, 15) is 0 Å². The maximum absolute atomic E-state index is 3.41. The Morgan fingerprint density at radius 3 is 2.50 bits per heavy atom. The molecule has 0 aliphatic carbocycles. The highest BCUT2D eigenvalue weighted by atomic mass is 32.2. The third kappa shape index (κ3) is 6.95.